The van der Waals surface area contributed by atoms with Crippen molar-refractivity contribution < 1.29 is 22.3 Å². The Morgan fingerprint density at radius 1 is 0.968 bits per heavy atom. The van der Waals surface area contributed by atoms with E-state index in [0.717, 1.165) is 15.4 Å². The zero-order valence-corrected chi connectivity index (χ0v) is 18.0. The molecule has 3 aromatic carbocycles. The molecule has 1 amide bonds. The first-order valence-corrected chi connectivity index (χ1v) is 11.0. The van der Waals surface area contributed by atoms with E-state index in [-0.39, 0.29) is 28.7 Å². The molecule has 0 aliphatic heterocycles. The lowest BCUT2D eigenvalue weighted by molar-refractivity contribution is 0.0950. The molecule has 8 heteroatoms. The fraction of sp³-hybridized carbons (Fsp3) is 0.174. The average molecular weight is 443 g/mol. The first-order chi connectivity index (χ1) is 14.8. The zero-order valence-electron chi connectivity index (χ0n) is 17.2. The van der Waals surface area contributed by atoms with Gasteiger partial charge in [0.2, 0.25) is 10.0 Å². The summed E-state index contributed by atoms with van der Waals surface area (Å²) >= 11 is 0. The molecule has 0 bridgehead atoms. The van der Waals surface area contributed by atoms with Crippen molar-refractivity contribution in [1.82, 2.24) is 9.62 Å². The molecule has 0 saturated carbocycles. The Morgan fingerprint density at radius 3 is 2.26 bits per heavy atom. The predicted molar refractivity (Wildman–Crippen MR) is 116 cm³/mol. The van der Waals surface area contributed by atoms with E-state index >= 15 is 0 Å². The van der Waals surface area contributed by atoms with Crippen LogP contribution in [0.1, 0.15) is 21.5 Å². The first kappa shape index (κ1) is 22.5. The SMILES string of the molecule is CN(C)S(=O)(=O)c1cccc(C(=O)NCc2ccc(OCc3ccc(F)cc3)cc2)c1. The van der Waals surface area contributed by atoms with Gasteiger partial charge in [0, 0.05) is 26.2 Å². The van der Waals surface area contributed by atoms with Crippen molar-refractivity contribution in [3.63, 3.8) is 0 Å². The molecule has 0 radical (unpaired) electrons. The molecule has 0 atom stereocenters. The summed E-state index contributed by atoms with van der Waals surface area (Å²) in [6, 6.07) is 19.2. The molecule has 0 aliphatic carbocycles. The fourth-order valence-electron chi connectivity index (χ4n) is 2.74. The predicted octanol–water partition coefficient (Wildman–Crippen LogP) is 3.59. The Hall–Kier alpha value is -3.23. The molecule has 0 aliphatic rings. The van der Waals surface area contributed by atoms with E-state index in [2.05, 4.69) is 5.32 Å². The van der Waals surface area contributed by atoms with Crippen molar-refractivity contribution in [2.45, 2.75) is 18.0 Å². The third-order valence-electron chi connectivity index (χ3n) is 4.57. The van der Waals surface area contributed by atoms with Crippen molar-refractivity contribution in [1.29, 1.82) is 0 Å². The summed E-state index contributed by atoms with van der Waals surface area (Å²) in [6.45, 7) is 0.601. The molecule has 1 N–H and O–H groups in total. The molecule has 0 heterocycles. The van der Waals surface area contributed by atoms with Gasteiger partial charge in [-0.1, -0.05) is 30.3 Å². The van der Waals surface area contributed by atoms with Gasteiger partial charge >= 0.3 is 0 Å². The zero-order chi connectivity index (χ0) is 22.4. The fourth-order valence-corrected chi connectivity index (χ4v) is 3.69. The van der Waals surface area contributed by atoms with E-state index in [0.29, 0.717) is 12.4 Å². The van der Waals surface area contributed by atoms with Crippen LogP contribution in [0.4, 0.5) is 4.39 Å². The second-order valence-electron chi connectivity index (χ2n) is 7.06. The number of nitrogens with one attached hydrogen (secondary N) is 1. The van der Waals surface area contributed by atoms with Gasteiger partial charge in [-0.05, 0) is 53.6 Å². The molecule has 162 valence electrons. The molecule has 6 nitrogen and oxygen atoms in total. The number of carbonyl (C=O) groups is 1. The Morgan fingerprint density at radius 2 is 1.61 bits per heavy atom. The summed E-state index contributed by atoms with van der Waals surface area (Å²) in [5, 5.41) is 2.78. The molecule has 3 rings (SSSR count). The maximum Gasteiger partial charge on any atom is 0.251 e. The molecular formula is C23H23FN2O4S. The summed E-state index contributed by atoms with van der Waals surface area (Å²) in [5.74, 6) is -0.00496. The van der Waals surface area contributed by atoms with Gasteiger partial charge in [-0.15, -0.1) is 0 Å². The van der Waals surface area contributed by atoms with Crippen molar-refractivity contribution in [2.24, 2.45) is 0 Å². The lowest BCUT2D eigenvalue weighted by atomic mass is 10.2. The maximum absolute atomic E-state index is 12.9. The van der Waals surface area contributed by atoms with Crippen molar-refractivity contribution >= 4 is 15.9 Å². The van der Waals surface area contributed by atoms with Gasteiger partial charge in [0.15, 0.2) is 0 Å². The van der Waals surface area contributed by atoms with Crippen LogP contribution in [0.25, 0.3) is 0 Å². The third kappa shape index (κ3) is 5.90. The van der Waals surface area contributed by atoms with Crippen LogP contribution in [0.15, 0.2) is 77.7 Å². The Kier molecular flexibility index (Phi) is 7.04. The molecule has 31 heavy (non-hydrogen) atoms. The summed E-state index contributed by atoms with van der Waals surface area (Å²) in [4.78, 5) is 12.5. The normalized spacial score (nSPS) is 11.4. The van der Waals surface area contributed by atoms with Gasteiger partial charge in [-0.2, -0.15) is 0 Å². The number of benzene rings is 3. The first-order valence-electron chi connectivity index (χ1n) is 9.53. The smallest absolute Gasteiger partial charge is 0.251 e. The standard InChI is InChI=1S/C23H23FN2O4S/c1-26(2)31(28,29)22-5-3-4-19(14-22)23(27)25-15-17-8-12-21(13-9-17)30-16-18-6-10-20(24)11-7-18/h3-14H,15-16H2,1-2H3,(H,25,27). The minimum Gasteiger partial charge on any atom is -0.489 e. The van der Waals surface area contributed by atoms with E-state index in [4.69, 9.17) is 4.74 Å². The number of amides is 1. The van der Waals surface area contributed by atoms with Gasteiger partial charge in [0.05, 0.1) is 4.90 Å². The third-order valence-corrected chi connectivity index (χ3v) is 6.38. The molecule has 0 fully saturated rings. The highest BCUT2D eigenvalue weighted by Gasteiger charge is 2.18. The van der Waals surface area contributed by atoms with Crippen LogP contribution in [0.5, 0.6) is 5.75 Å². The largest absolute Gasteiger partial charge is 0.489 e. The lowest BCUT2D eigenvalue weighted by Gasteiger charge is -2.12. The van der Waals surface area contributed by atoms with Gasteiger partial charge < -0.3 is 10.1 Å². The second-order valence-corrected chi connectivity index (χ2v) is 9.21. The minimum atomic E-state index is -3.61. The van der Waals surface area contributed by atoms with Crippen LogP contribution in [0, 0.1) is 5.82 Å². The number of nitrogens with zero attached hydrogens (tertiary/aromatic N) is 1. The number of halogens is 1. The monoisotopic (exact) mass is 442 g/mol. The number of hydrogen-bond donors (Lipinski definition) is 1. The Balaban J connectivity index is 1.56. The van der Waals surface area contributed by atoms with Gasteiger partial charge in [0.25, 0.3) is 5.91 Å². The number of carbonyl (C=O) groups excluding carboxylic acids is 1. The number of hydrogen-bond acceptors (Lipinski definition) is 4. The number of ether oxygens (including phenoxy) is 1. The molecule has 0 unspecified atom stereocenters. The van der Waals surface area contributed by atoms with Crippen LogP contribution in [-0.2, 0) is 23.2 Å². The molecule has 0 aromatic heterocycles. The summed E-state index contributed by atoms with van der Waals surface area (Å²) < 4.78 is 44.2. The topological polar surface area (TPSA) is 75.7 Å². The van der Waals surface area contributed by atoms with Crippen molar-refractivity contribution in [2.75, 3.05) is 14.1 Å². The lowest BCUT2D eigenvalue weighted by Crippen LogP contribution is -2.25. The Labute approximate surface area is 181 Å². The average Bonchev–Trinajstić information content (AvgIpc) is 2.77. The number of sulfonamides is 1. The van der Waals surface area contributed by atoms with Crippen LogP contribution in [0.3, 0.4) is 0 Å². The van der Waals surface area contributed by atoms with E-state index in [1.807, 2.05) is 12.1 Å². The maximum atomic E-state index is 12.9. The molecule has 3 aromatic rings. The number of rotatable bonds is 8. The van der Waals surface area contributed by atoms with Gasteiger partial charge in [-0.3, -0.25) is 4.79 Å². The quantitative estimate of drug-likeness (QED) is 0.579. The highest BCUT2D eigenvalue weighted by atomic mass is 32.2. The van der Waals surface area contributed by atoms with Crippen LogP contribution in [-0.4, -0.2) is 32.7 Å². The van der Waals surface area contributed by atoms with Crippen LogP contribution >= 0.6 is 0 Å². The summed E-state index contributed by atoms with van der Waals surface area (Å²) in [6.07, 6.45) is 0. The molecule has 0 saturated heterocycles. The van der Waals surface area contributed by atoms with E-state index in [1.165, 1.54) is 38.4 Å². The van der Waals surface area contributed by atoms with Crippen LogP contribution < -0.4 is 10.1 Å². The second kappa shape index (κ2) is 9.72. The molecular weight excluding hydrogens is 419 g/mol. The van der Waals surface area contributed by atoms with E-state index in [1.54, 1.807) is 36.4 Å². The van der Waals surface area contributed by atoms with Gasteiger partial charge in [0.1, 0.15) is 18.2 Å². The minimum absolute atomic E-state index is 0.0628. The van der Waals surface area contributed by atoms with Crippen molar-refractivity contribution in [3.8, 4) is 5.75 Å². The molecule has 0 spiro atoms. The Bertz CT molecular complexity index is 1140. The van der Waals surface area contributed by atoms with Crippen molar-refractivity contribution in [3.05, 3.63) is 95.3 Å². The van der Waals surface area contributed by atoms with Crippen LogP contribution in [0.2, 0.25) is 0 Å². The summed E-state index contributed by atoms with van der Waals surface area (Å²) in [7, 11) is -0.732. The summed E-state index contributed by atoms with van der Waals surface area (Å²) in [5.41, 5.74) is 1.98. The highest BCUT2D eigenvalue weighted by molar-refractivity contribution is 7.89. The van der Waals surface area contributed by atoms with E-state index in [9.17, 15) is 17.6 Å². The van der Waals surface area contributed by atoms with E-state index < -0.39 is 10.0 Å². The highest BCUT2D eigenvalue weighted by Crippen LogP contribution is 2.16. The van der Waals surface area contributed by atoms with Gasteiger partial charge in [-0.25, -0.2) is 17.1 Å².